The van der Waals surface area contributed by atoms with E-state index in [9.17, 15) is 33.9 Å². The Labute approximate surface area is 287 Å². The third-order valence-electron chi connectivity index (χ3n) is 8.06. The fourth-order valence-corrected chi connectivity index (χ4v) is 6.45. The molecule has 0 aliphatic carbocycles. The second-order valence-corrected chi connectivity index (χ2v) is 13.3. The summed E-state index contributed by atoms with van der Waals surface area (Å²) in [5.41, 5.74) is 0. The van der Waals surface area contributed by atoms with Gasteiger partial charge in [-0.15, -0.1) is 0 Å². The van der Waals surface area contributed by atoms with E-state index in [4.69, 9.17) is 52.1 Å². The van der Waals surface area contributed by atoms with E-state index in [2.05, 4.69) is 5.32 Å². The minimum absolute atomic E-state index is 0.525. The van der Waals surface area contributed by atoms with Gasteiger partial charge in [-0.05, 0) is 27.7 Å². The van der Waals surface area contributed by atoms with E-state index in [0.717, 1.165) is 34.6 Å². The number of rotatable bonds is 12. The lowest BCUT2D eigenvalue weighted by atomic mass is 9.88. The predicted octanol–water partition coefficient (Wildman–Crippen LogP) is -0.168. The van der Waals surface area contributed by atoms with Gasteiger partial charge in [0, 0.05) is 34.6 Å². The van der Waals surface area contributed by atoms with Crippen LogP contribution in [0.15, 0.2) is 0 Å². The lowest BCUT2D eigenvalue weighted by Crippen LogP contribution is -2.69. The van der Waals surface area contributed by atoms with Crippen LogP contribution in [0, 0.1) is 0 Å². The molecule has 50 heavy (non-hydrogen) atoms. The lowest BCUT2D eigenvalue weighted by Gasteiger charge is -2.48. The first-order valence-corrected chi connectivity index (χ1v) is 16.0. The summed E-state index contributed by atoms with van der Waals surface area (Å²) in [5.74, 6) is -10.7. The minimum Gasteiger partial charge on any atom is -0.477 e. The van der Waals surface area contributed by atoms with Crippen molar-refractivity contribution in [2.45, 2.75) is 147 Å². The Morgan fingerprint density at radius 2 is 1.38 bits per heavy atom. The number of carboxylic acid groups (broad SMARTS) is 1. The first-order chi connectivity index (χ1) is 23.1. The Bertz CT molecular complexity index is 1330. The third-order valence-corrected chi connectivity index (χ3v) is 8.06. The molecule has 0 saturated carbocycles. The van der Waals surface area contributed by atoms with Crippen LogP contribution >= 0.6 is 0 Å². The van der Waals surface area contributed by atoms with Gasteiger partial charge in [0.05, 0.1) is 19.1 Å². The highest BCUT2D eigenvalue weighted by Gasteiger charge is 2.63. The summed E-state index contributed by atoms with van der Waals surface area (Å²) in [5, 5.41) is 13.2. The van der Waals surface area contributed by atoms with Gasteiger partial charge in [0.2, 0.25) is 5.91 Å². The van der Waals surface area contributed by atoms with Crippen LogP contribution in [-0.2, 0) is 80.9 Å². The van der Waals surface area contributed by atoms with Crippen LogP contribution in [-0.4, -0.2) is 133 Å². The molecule has 0 spiro atoms. The maximum Gasteiger partial charge on any atom is 0.364 e. The van der Waals surface area contributed by atoms with Crippen molar-refractivity contribution in [2.75, 3.05) is 13.2 Å². The molecule has 19 heteroatoms. The molecule has 0 aromatic heterocycles. The average molecular weight is 720 g/mol. The molecule has 4 heterocycles. The van der Waals surface area contributed by atoms with E-state index in [1.54, 1.807) is 27.7 Å². The van der Waals surface area contributed by atoms with Gasteiger partial charge < -0.3 is 62.5 Å². The van der Waals surface area contributed by atoms with E-state index in [-0.39, 0.29) is 0 Å². The molecule has 0 bridgehead atoms. The molecule has 0 aromatic carbocycles. The normalized spacial score (nSPS) is 35.0. The number of carbonyl (C=O) groups is 6. The molecule has 0 aromatic rings. The number of esters is 4. The highest BCUT2D eigenvalue weighted by Crippen LogP contribution is 2.45. The van der Waals surface area contributed by atoms with Gasteiger partial charge in [-0.2, -0.15) is 0 Å². The zero-order chi connectivity index (χ0) is 37.3. The van der Waals surface area contributed by atoms with Gasteiger partial charge in [-0.1, -0.05) is 0 Å². The topological polar surface area (TPSA) is 236 Å². The predicted molar refractivity (Wildman–Crippen MR) is 159 cm³/mol. The molecule has 4 aliphatic rings. The highest BCUT2D eigenvalue weighted by atomic mass is 16.9. The molecule has 11 atom stereocenters. The number of nitrogens with one attached hydrogen (secondary N) is 1. The van der Waals surface area contributed by atoms with Crippen LogP contribution in [0.5, 0.6) is 0 Å². The van der Waals surface area contributed by atoms with Crippen LogP contribution in [0.3, 0.4) is 0 Å². The Morgan fingerprint density at radius 1 is 0.780 bits per heavy atom. The van der Waals surface area contributed by atoms with Gasteiger partial charge in [-0.3, -0.25) is 24.0 Å². The maximum atomic E-state index is 13.2. The van der Waals surface area contributed by atoms with Gasteiger partial charge in [0.25, 0.3) is 5.79 Å². The molecule has 4 rings (SSSR count). The summed E-state index contributed by atoms with van der Waals surface area (Å²) < 4.78 is 63.9. The van der Waals surface area contributed by atoms with E-state index in [1.807, 2.05) is 0 Å². The second-order valence-electron chi connectivity index (χ2n) is 13.3. The molecule has 282 valence electrons. The quantitative estimate of drug-likeness (QED) is 0.197. The third kappa shape index (κ3) is 9.25. The number of carbonyl (C=O) groups excluding carboxylic acids is 5. The van der Waals surface area contributed by atoms with E-state index in [1.165, 1.54) is 0 Å². The SMILES string of the molecule is CC(=O)N[C@H]1[C@H]([C@H](OC(C)=O)[C@@H](COC(C)=O)OC(C)=O)O[C@@](OC[C@H]2O[C@@H]3OC(C)(C)O[C@@H]3[C@H]3OC(C)(C)O[C@H]32)(C(=O)O)C[C@@H]1OC(C)=O. The lowest BCUT2D eigenvalue weighted by molar-refractivity contribution is -0.327. The van der Waals surface area contributed by atoms with E-state index in [0.29, 0.717) is 0 Å². The number of hydrogen-bond acceptors (Lipinski definition) is 17. The monoisotopic (exact) mass is 719 g/mol. The fraction of sp³-hybridized carbons (Fsp3) is 0.806. The summed E-state index contributed by atoms with van der Waals surface area (Å²) in [6, 6.07) is -1.41. The zero-order valence-corrected chi connectivity index (χ0v) is 29.3. The average Bonchev–Trinajstić information content (AvgIpc) is 3.46. The van der Waals surface area contributed by atoms with Crippen molar-refractivity contribution in [2.24, 2.45) is 0 Å². The zero-order valence-electron chi connectivity index (χ0n) is 29.3. The van der Waals surface area contributed by atoms with E-state index >= 15 is 0 Å². The smallest absolute Gasteiger partial charge is 0.364 e. The number of fused-ring (bicyclic) bond motifs is 3. The van der Waals surface area contributed by atoms with Crippen molar-refractivity contribution < 1.29 is 86.0 Å². The molecular formula is C31H45NO18. The fourth-order valence-electron chi connectivity index (χ4n) is 6.45. The van der Waals surface area contributed by atoms with Crippen molar-refractivity contribution >= 4 is 35.8 Å². The van der Waals surface area contributed by atoms with Crippen molar-refractivity contribution in [1.82, 2.24) is 5.32 Å². The van der Waals surface area contributed by atoms with Crippen molar-refractivity contribution in [3.8, 4) is 0 Å². The number of hydrogen-bond donors (Lipinski definition) is 2. The summed E-state index contributed by atoms with van der Waals surface area (Å²) in [6.07, 6.45) is -11.5. The molecule has 4 aliphatic heterocycles. The van der Waals surface area contributed by atoms with Gasteiger partial charge in [0.15, 0.2) is 30.1 Å². The summed E-state index contributed by atoms with van der Waals surface area (Å²) in [7, 11) is 0. The van der Waals surface area contributed by atoms with Crippen LogP contribution in [0.25, 0.3) is 0 Å². The standard InChI is InChI=1S/C31H45NO18/c1-13(33)32-21-18(42-15(3)35)10-31(28(38)39,49-24(21)22(44-17(5)37)19(43-16(4)36)11-40-14(2)34)41-12-20-23-25(47-29(6,7)46-23)26-27(45-20)50-30(8,9)48-26/h18-27H,10-12H2,1-9H3,(H,32,33)(H,38,39)/t18-,19+,20+,21+,22+,23-,24+,25-,26+,27+,31+/m0/s1. The minimum atomic E-state index is -2.68. The first kappa shape index (κ1) is 39.3. The summed E-state index contributed by atoms with van der Waals surface area (Å²) in [6.45, 7) is 10.9. The Balaban J connectivity index is 1.75. The number of amides is 1. The first-order valence-electron chi connectivity index (χ1n) is 16.0. The van der Waals surface area contributed by atoms with Crippen LogP contribution in [0.4, 0.5) is 0 Å². The second kappa shape index (κ2) is 15.0. The molecule has 19 nitrogen and oxygen atoms in total. The molecular weight excluding hydrogens is 674 g/mol. The number of ether oxygens (including phenoxy) is 11. The van der Waals surface area contributed by atoms with Crippen molar-refractivity contribution in [1.29, 1.82) is 0 Å². The van der Waals surface area contributed by atoms with Gasteiger partial charge in [-0.25, -0.2) is 4.79 Å². The molecule has 1 amide bonds. The number of carboxylic acids is 1. The Kier molecular flexibility index (Phi) is 11.8. The molecule has 4 fully saturated rings. The van der Waals surface area contributed by atoms with Gasteiger partial charge in [0.1, 0.15) is 43.2 Å². The molecule has 0 unspecified atom stereocenters. The Morgan fingerprint density at radius 3 is 1.94 bits per heavy atom. The van der Waals surface area contributed by atoms with E-state index < -0.39 is 134 Å². The van der Waals surface area contributed by atoms with Gasteiger partial charge >= 0.3 is 29.8 Å². The summed E-state index contributed by atoms with van der Waals surface area (Å²) >= 11 is 0. The van der Waals surface area contributed by atoms with Crippen LogP contribution < -0.4 is 5.32 Å². The number of aliphatic carboxylic acids is 1. The maximum absolute atomic E-state index is 13.2. The molecule has 2 N–H and O–H groups in total. The van der Waals surface area contributed by atoms with Crippen molar-refractivity contribution in [3.63, 3.8) is 0 Å². The Hall–Kier alpha value is -3.46. The molecule has 4 saturated heterocycles. The van der Waals surface area contributed by atoms with Crippen LogP contribution in [0.1, 0.15) is 68.7 Å². The molecule has 0 radical (unpaired) electrons. The van der Waals surface area contributed by atoms with Crippen LogP contribution in [0.2, 0.25) is 0 Å². The summed E-state index contributed by atoms with van der Waals surface area (Å²) in [4.78, 5) is 74.3. The largest absolute Gasteiger partial charge is 0.477 e. The highest BCUT2D eigenvalue weighted by molar-refractivity contribution is 5.77. The van der Waals surface area contributed by atoms with Crippen molar-refractivity contribution in [3.05, 3.63) is 0 Å².